The Morgan fingerprint density at radius 1 is 1.71 bits per heavy atom. The summed E-state index contributed by atoms with van der Waals surface area (Å²) in [5, 5.41) is 19.7. The lowest BCUT2D eigenvalue weighted by Crippen LogP contribution is -2.44. The maximum Gasteiger partial charge on any atom is 0.306 e. The second-order valence-electron chi connectivity index (χ2n) is 4.70. The van der Waals surface area contributed by atoms with E-state index in [1.54, 1.807) is 6.92 Å². The molecule has 0 radical (unpaired) electrons. The van der Waals surface area contributed by atoms with Gasteiger partial charge in [0.05, 0.1) is 28.5 Å². The number of pyridine rings is 1. The van der Waals surface area contributed by atoms with Gasteiger partial charge < -0.3 is 14.7 Å². The molecule has 1 aliphatic heterocycles. The van der Waals surface area contributed by atoms with Crippen molar-refractivity contribution in [1.82, 2.24) is 4.98 Å². The number of carboxylic acid groups (broad SMARTS) is 1. The molecular formula is C12H14BrN3O5. The van der Waals surface area contributed by atoms with Gasteiger partial charge in [-0.15, -0.1) is 0 Å². The van der Waals surface area contributed by atoms with E-state index in [4.69, 9.17) is 9.84 Å². The summed E-state index contributed by atoms with van der Waals surface area (Å²) in [5.74, 6) is -0.356. The molecule has 0 spiro atoms. The van der Waals surface area contributed by atoms with Gasteiger partial charge >= 0.3 is 5.97 Å². The molecule has 0 amide bonds. The van der Waals surface area contributed by atoms with Crippen molar-refractivity contribution in [2.45, 2.75) is 19.4 Å². The number of anilines is 1. The Labute approximate surface area is 129 Å². The van der Waals surface area contributed by atoms with Crippen LogP contribution in [0.15, 0.2) is 10.7 Å². The van der Waals surface area contributed by atoms with Gasteiger partial charge in [0.25, 0.3) is 5.69 Å². The largest absolute Gasteiger partial charge is 0.481 e. The Morgan fingerprint density at radius 2 is 2.43 bits per heavy atom. The molecule has 1 aromatic heterocycles. The van der Waals surface area contributed by atoms with Crippen molar-refractivity contribution in [3.63, 3.8) is 0 Å². The predicted octanol–water partition coefficient (Wildman–Crippen LogP) is 1.74. The van der Waals surface area contributed by atoms with Gasteiger partial charge in [-0.25, -0.2) is 4.98 Å². The summed E-state index contributed by atoms with van der Waals surface area (Å²) in [5.41, 5.74) is 0.437. The number of carbonyl (C=O) groups is 1. The van der Waals surface area contributed by atoms with E-state index in [9.17, 15) is 14.9 Å². The maximum absolute atomic E-state index is 10.9. The monoisotopic (exact) mass is 359 g/mol. The lowest BCUT2D eigenvalue weighted by Gasteiger charge is -2.33. The molecular weight excluding hydrogens is 346 g/mol. The average molecular weight is 360 g/mol. The lowest BCUT2D eigenvalue weighted by atomic mass is 10.2. The van der Waals surface area contributed by atoms with Crippen LogP contribution in [0, 0.1) is 17.0 Å². The molecule has 1 unspecified atom stereocenters. The highest BCUT2D eigenvalue weighted by Gasteiger charge is 2.27. The molecule has 2 heterocycles. The van der Waals surface area contributed by atoms with Gasteiger partial charge in [0, 0.05) is 18.7 Å². The van der Waals surface area contributed by atoms with Crippen LogP contribution in [0.2, 0.25) is 0 Å². The second-order valence-corrected chi connectivity index (χ2v) is 5.49. The first-order chi connectivity index (χ1) is 9.90. The minimum atomic E-state index is -0.922. The van der Waals surface area contributed by atoms with Gasteiger partial charge in [0.1, 0.15) is 12.0 Å². The van der Waals surface area contributed by atoms with Crippen LogP contribution in [-0.2, 0) is 9.53 Å². The summed E-state index contributed by atoms with van der Waals surface area (Å²) in [7, 11) is 0. The van der Waals surface area contributed by atoms with Crippen LogP contribution in [-0.4, -0.2) is 46.8 Å². The first-order valence-corrected chi connectivity index (χ1v) is 7.07. The molecule has 0 aromatic carbocycles. The van der Waals surface area contributed by atoms with E-state index in [1.807, 2.05) is 4.90 Å². The number of carboxylic acids is 1. The van der Waals surface area contributed by atoms with E-state index in [0.29, 0.717) is 35.6 Å². The fraction of sp³-hybridized carbons (Fsp3) is 0.500. The summed E-state index contributed by atoms with van der Waals surface area (Å²) in [6.07, 6.45) is 0.720. The number of nitro groups is 1. The normalized spacial score (nSPS) is 18.6. The van der Waals surface area contributed by atoms with Gasteiger partial charge in [-0.05, 0) is 22.9 Å². The van der Waals surface area contributed by atoms with Gasteiger partial charge in [-0.3, -0.25) is 14.9 Å². The molecule has 1 N–H and O–H groups in total. The van der Waals surface area contributed by atoms with E-state index < -0.39 is 17.0 Å². The summed E-state index contributed by atoms with van der Waals surface area (Å²) in [6.45, 7) is 2.97. The summed E-state index contributed by atoms with van der Waals surface area (Å²) in [4.78, 5) is 27.2. The van der Waals surface area contributed by atoms with E-state index in [0.717, 1.165) is 0 Å². The third kappa shape index (κ3) is 3.48. The molecule has 1 fully saturated rings. The molecule has 0 bridgehead atoms. The number of nitrogens with zero attached hydrogens (tertiary/aromatic N) is 3. The molecule has 1 saturated heterocycles. The van der Waals surface area contributed by atoms with Crippen molar-refractivity contribution >= 4 is 33.4 Å². The minimum Gasteiger partial charge on any atom is -0.481 e. The van der Waals surface area contributed by atoms with E-state index in [-0.39, 0.29) is 12.1 Å². The first kappa shape index (κ1) is 15.6. The lowest BCUT2D eigenvalue weighted by molar-refractivity contribution is -0.385. The third-order valence-electron chi connectivity index (χ3n) is 3.26. The maximum atomic E-state index is 10.9. The average Bonchev–Trinajstić information content (AvgIpc) is 2.41. The number of ether oxygens (including phenoxy) is 1. The summed E-state index contributed by atoms with van der Waals surface area (Å²) in [6, 6.07) is 0. The molecule has 1 aromatic rings. The van der Waals surface area contributed by atoms with Crippen molar-refractivity contribution < 1.29 is 19.6 Å². The van der Waals surface area contributed by atoms with Crippen molar-refractivity contribution in [3.05, 3.63) is 26.3 Å². The Bertz CT molecular complexity index is 580. The number of morpholine rings is 1. The highest BCUT2D eigenvalue weighted by Crippen LogP contribution is 2.33. The number of aliphatic carboxylic acids is 1. The van der Waals surface area contributed by atoms with Crippen LogP contribution >= 0.6 is 15.9 Å². The van der Waals surface area contributed by atoms with Gasteiger partial charge in [0.15, 0.2) is 0 Å². The molecule has 21 heavy (non-hydrogen) atoms. The second kappa shape index (κ2) is 6.35. The third-order valence-corrected chi connectivity index (χ3v) is 4.21. The molecule has 114 valence electrons. The fourth-order valence-electron chi connectivity index (χ4n) is 2.19. The van der Waals surface area contributed by atoms with E-state index >= 15 is 0 Å². The Kier molecular flexibility index (Phi) is 4.73. The Morgan fingerprint density at radius 3 is 3.05 bits per heavy atom. The minimum absolute atomic E-state index is 0.0547. The number of halogens is 1. The zero-order valence-corrected chi connectivity index (χ0v) is 12.9. The molecule has 8 nitrogen and oxygen atoms in total. The van der Waals surface area contributed by atoms with Crippen LogP contribution in [0.25, 0.3) is 0 Å². The molecule has 1 aliphatic rings. The van der Waals surface area contributed by atoms with Crippen LogP contribution < -0.4 is 4.90 Å². The quantitative estimate of drug-likeness (QED) is 0.644. The zero-order valence-electron chi connectivity index (χ0n) is 11.3. The number of rotatable bonds is 4. The highest BCUT2D eigenvalue weighted by molar-refractivity contribution is 9.10. The van der Waals surface area contributed by atoms with E-state index in [2.05, 4.69) is 20.9 Å². The first-order valence-electron chi connectivity index (χ1n) is 6.28. The van der Waals surface area contributed by atoms with Crippen LogP contribution in [0.1, 0.15) is 12.0 Å². The zero-order chi connectivity index (χ0) is 15.6. The van der Waals surface area contributed by atoms with Crippen molar-refractivity contribution in [2.75, 3.05) is 24.6 Å². The predicted molar refractivity (Wildman–Crippen MR) is 77.5 cm³/mol. The number of aromatic nitrogens is 1. The van der Waals surface area contributed by atoms with Gasteiger partial charge in [-0.1, -0.05) is 0 Å². The molecule has 1 atom stereocenters. The SMILES string of the molecule is Cc1c([N+](=O)[O-])cnc(N2CCOC(CC(=O)O)C2)c1Br. The molecule has 0 aliphatic carbocycles. The number of hydrogen-bond donors (Lipinski definition) is 1. The smallest absolute Gasteiger partial charge is 0.306 e. The topological polar surface area (TPSA) is 106 Å². The van der Waals surface area contributed by atoms with Crippen LogP contribution in [0.4, 0.5) is 11.5 Å². The molecule has 0 saturated carbocycles. The van der Waals surface area contributed by atoms with Crippen LogP contribution in [0.5, 0.6) is 0 Å². The van der Waals surface area contributed by atoms with Crippen molar-refractivity contribution in [3.8, 4) is 0 Å². The summed E-state index contributed by atoms with van der Waals surface area (Å²) < 4.78 is 5.95. The Balaban J connectivity index is 2.23. The van der Waals surface area contributed by atoms with Crippen LogP contribution in [0.3, 0.4) is 0 Å². The Hall–Kier alpha value is -1.74. The number of hydrogen-bond acceptors (Lipinski definition) is 6. The van der Waals surface area contributed by atoms with Crippen molar-refractivity contribution in [2.24, 2.45) is 0 Å². The van der Waals surface area contributed by atoms with Gasteiger partial charge in [0.2, 0.25) is 0 Å². The standard InChI is InChI=1S/C12H14BrN3O5/c1-7-9(16(19)20)5-14-12(11(7)13)15-2-3-21-8(6-15)4-10(17)18/h5,8H,2-4,6H2,1H3,(H,17,18). The van der Waals surface area contributed by atoms with E-state index in [1.165, 1.54) is 6.20 Å². The van der Waals surface area contributed by atoms with Gasteiger partial charge in [-0.2, -0.15) is 0 Å². The molecule has 2 rings (SSSR count). The van der Waals surface area contributed by atoms with Crippen molar-refractivity contribution in [1.29, 1.82) is 0 Å². The highest BCUT2D eigenvalue weighted by atomic mass is 79.9. The molecule has 9 heteroatoms. The summed E-state index contributed by atoms with van der Waals surface area (Å²) >= 11 is 3.34. The fourth-order valence-corrected chi connectivity index (χ4v) is 2.75.